The van der Waals surface area contributed by atoms with Crippen LogP contribution in [0.3, 0.4) is 0 Å². The summed E-state index contributed by atoms with van der Waals surface area (Å²) in [4.78, 5) is 33.9. The zero-order chi connectivity index (χ0) is 40.3. The van der Waals surface area contributed by atoms with Gasteiger partial charge in [-0.25, -0.2) is 4.57 Å². The third-order valence-corrected chi connectivity index (χ3v) is 8.99. The summed E-state index contributed by atoms with van der Waals surface area (Å²) in [6.07, 6.45) is 51.9. The molecular formula is C45H74NO8P. The third kappa shape index (κ3) is 41.9. The summed E-state index contributed by atoms with van der Waals surface area (Å²) in [6.45, 7) is 3.24. The smallest absolute Gasteiger partial charge is 0.463 e. The Balaban J connectivity index is 3.72. The first kappa shape index (κ1) is 51.9. The molecule has 2 atom stereocenters. The molecule has 0 heterocycles. The number of aliphatic hydroxyl groups excluding tert-OH is 1. The van der Waals surface area contributed by atoms with Crippen molar-refractivity contribution in [3.8, 4) is 0 Å². The zero-order valence-electron chi connectivity index (χ0n) is 34.1. The largest absolute Gasteiger partial charge is 0.472 e. The van der Waals surface area contributed by atoms with E-state index in [2.05, 4.69) is 116 Å². The van der Waals surface area contributed by atoms with E-state index in [0.29, 0.717) is 12.8 Å². The molecule has 0 radical (unpaired) electrons. The molecule has 0 saturated carbocycles. The first-order valence-electron chi connectivity index (χ1n) is 20.7. The van der Waals surface area contributed by atoms with Gasteiger partial charge < -0.3 is 20.1 Å². The highest BCUT2D eigenvalue weighted by Gasteiger charge is 2.23. The summed E-state index contributed by atoms with van der Waals surface area (Å²) in [5.74, 6) is -0.576. The first-order valence-corrected chi connectivity index (χ1v) is 22.2. The number of carbonyl (C=O) groups is 2. The first-order chi connectivity index (χ1) is 26.8. The molecule has 0 rings (SSSR count). The zero-order valence-corrected chi connectivity index (χ0v) is 35.0. The average Bonchev–Trinajstić information content (AvgIpc) is 3.17. The lowest BCUT2D eigenvalue weighted by atomic mass is 10.1. The number of amides is 1. The normalized spacial score (nSPS) is 14.3. The van der Waals surface area contributed by atoms with Gasteiger partial charge in [0.15, 0.2) is 0 Å². The van der Waals surface area contributed by atoms with Crippen LogP contribution in [0.15, 0.2) is 97.2 Å². The van der Waals surface area contributed by atoms with Gasteiger partial charge in [0.25, 0.3) is 0 Å². The molecule has 10 heteroatoms. The molecule has 0 spiro atoms. The van der Waals surface area contributed by atoms with Gasteiger partial charge in [0.1, 0.15) is 12.7 Å². The molecule has 0 aromatic carbocycles. The van der Waals surface area contributed by atoms with Gasteiger partial charge in [-0.3, -0.25) is 18.6 Å². The monoisotopic (exact) mass is 788 g/mol. The maximum atomic E-state index is 12.1. The van der Waals surface area contributed by atoms with E-state index in [0.717, 1.165) is 109 Å². The minimum Gasteiger partial charge on any atom is -0.463 e. The highest BCUT2D eigenvalue weighted by molar-refractivity contribution is 7.47. The Labute approximate surface area is 334 Å². The number of phosphoric acid groups is 1. The lowest BCUT2D eigenvalue weighted by Gasteiger charge is -2.15. The number of carbonyl (C=O) groups excluding carboxylic acids is 2. The van der Waals surface area contributed by atoms with Gasteiger partial charge in [-0.05, 0) is 89.9 Å². The second-order valence-electron chi connectivity index (χ2n) is 13.2. The van der Waals surface area contributed by atoms with E-state index in [-0.39, 0.29) is 32.1 Å². The fraction of sp³-hybridized carbons (Fsp3) is 0.600. The van der Waals surface area contributed by atoms with Crippen molar-refractivity contribution < 1.29 is 37.9 Å². The van der Waals surface area contributed by atoms with Crippen molar-refractivity contribution in [1.82, 2.24) is 5.32 Å². The van der Waals surface area contributed by atoms with Crippen LogP contribution in [0, 0.1) is 0 Å². The lowest BCUT2D eigenvalue weighted by molar-refractivity contribution is -0.147. The Bertz CT molecular complexity index is 1220. The van der Waals surface area contributed by atoms with Crippen LogP contribution < -0.4 is 5.32 Å². The number of hydrogen-bond acceptors (Lipinski definition) is 7. The molecule has 0 saturated heterocycles. The van der Waals surface area contributed by atoms with Crippen LogP contribution in [-0.2, 0) is 27.9 Å². The topological polar surface area (TPSA) is 131 Å². The molecule has 0 aliphatic heterocycles. The maximum Gasteiger partial charge on any atom is 0.472 e. The van der Waals surface area contributed by atoms with Gasteiger partial charge in [-0.15, -0.1) is 0 Å². The standard InChI is InChI=1S/C45H74NO8P/c1-3-5-7-9-11-13-15-17-19-20-21-22-24-26-28-30-32-34-36-38-45(49)52-41-43(47)42-54-55(50,51)53-40-39-46-44(48)37-35-33-31-29-27-25-23-18-16-14-12-10-8-6-4-2/h5-8,11-14,17-19,21-23,26,28,43,47H,3-4,9-10,15-16,20,24-25,27,29-42H2,1-2H3,(H,46,48)(H,50,51)/b7-5-,8-6-,13-11-,14-12-,19-17-,22-21-,23-18-,28-26-. The summed E-state index contributed by atoms with van der Waals surface area (Å²) < 4.78 is 26.8. The average molecular weight is 788 g/mol. The summed E-state index contributed by atoms with van der Waals surface area (Å²) in [7, 11) is -4.44. The molecule has 312 valence electrons. The van der Waals surface area contributed by atoms with Crippen molar-refractivity contribution in [2.75, 3.05) is 26.4 Å². The molecule has 3 N–H and O–H groups in total. The van der Waals surface area contributed by atoms with Crippen LogP contribution in [0.4, 0.5) is 0 Å². The summed E-state index contributed by atoms with van der Waals surface area (Å²) in [5, 5.41) is 12.7. The molecule has 0 aromatic heterocycles. The Morgan fingerprint density at radius 1 is 0.564 bits per heavy atom. The Hall–Kier alpha value is -3.07. The van der Waals surface area contributed by atoms with Crippen LogP contribution in [0.5, 0.6) is 0 Å². The molecule has 0 aliphatic rings. The summed E-state index contributed by atoms with van der Waals surface area (Å²) in [5.41, 5.74) is 0. The molecule has 9 nitrogen and oxygen atoms in total. The fourth-order valence-electron chi connectivity index (χ4n) is 4.95. The summed E-state index contributed by atoms with van der Waals surface area (Å²) >= 11 is 0. The van der Waals surface area contributed by atoms with Crippen LogP contribution in [0.2, 0.25) is 0 Å². The second kappa shape index (κ2) is 40.6. The molecule has 0 bridgehead atoms. The van der Waals surface area contributed by atoms with E-state index in [1.165, 1.54) is 0 Å². The Morgan fingerprint density at radius 3 is 1.49 bits per heavy atom. The third-order valence-electron chi connectivity index (χ3n) is 8.01. The van der Waals surface area contributed by atoms with Crippen molar-refractivity contribution in [2.24, 2.45) is 0 Å². The van der Waals surface area contributed by atoms with Gasteiger partial charge in [0.2, 0.25) is 5.91 Å². The molecular weight excluding hydrogens is 713 g/mol. The lowest BCUT2D eigenvalue weighted by Crippen LogP contribution is -2.27. The predicted octanol–water partition coefficient (Wildman–Crippen LogP) is 11.4. The Kier molecular flexibility index (Phi) is 38.3. The molecule has 1 amide bonds. The number of allylic oxidation sites excluding steroid dienone is 16. The van der Waals surface area contributed by atoms with E-state index in [1.54, 1.807) is 0 Å². The van der Waals surface area contributed by atoms with Gasteiger partial charge in [-0.1, -0.05) is 137 Å². The molecule has 2 unspecified atom stereocenters. The van der Waals surface area contributed by atoms with E-state index in [1.807, 2.05) is 0 Å². The molecule has 55 heavy (non-hydrogen) atoms. The number of esters is 1. The second-order valence-corrected chi connectivity index (χ2v) is 14.6. The van der Waals surface area contributed by atoms with Crippen molar-refractivity contribution >= 4 is 19.7 Å². The molecule has 0 aromatic rings. The van der Waals surface area contributed by atoms with Crippen molar-refractivity contribution in [2.45, 2.75) is 148 Å². The van der Waals surface area contributed by atoms with Gasteiger partial charge in [0, 0.05) is 19.4 Å². The SMILES string of the molecule is CC/C=C\C/C=C\C/C=C\C/C=C\C/C=C\CCCCCC(=O)OCC(O)COP(=O)(O)OCCNC(=O)CCCCCCC/C=C\C/C=C\C/C=C\CC. The molecule has 0 aliphatic carbocycles. The van der Waals surface area contributed by atoms with Crippen LogP contribution >= 0.6 is 7.82 Å². The number of rotatable bonds is 37. The minimum atomic E-state index is -4.44. The number of aliphatic hydroxyl groups is 1. The summed E-state index contributed by atoms with van der Waals surface area (Å²) in [6, 6.07) is 0. The maximum absolute atomic E-state index is 12.1. The van der Waals surface area contributed by atoms with Crippen LogP contribution in [-0.4, -0.2) is 54.3 Å². The van der Waals surface area contributed by atoms with E-state index >= 15 is 0 Å². The molecule has 0 fully saturated rings. The highest BCUT2D eigenvalue weighted by atomic mass is 31.2. The van der Waals surface area contributed by atoms with E-state index in [9.17, 15) is 24.2 Å². The van der Waals surface area contributed by atoms with Crippen LogP contribution in [0.25, 0.3) is 0 Å². The number of phosphoric ester groups is 1. The van der Waals surface area contributed by atoms with Gasteiger partial charge in [0.05, 0.1) is 13.2 Å². The Morgan fingerprint density at radius 2 is 0.982 bits per heavy atom. The van der Waals surface area contributed by atoms with Crippen molar-refractivity contribution in [3.05, 3.63) is 97.2 Å². The van der Waals surface area contributed by atoms with E-state index in [4.69, 9.17) is 13.8 Å². The minimum absolute atomic E-state index is 0.0617. The number of unbranched alkanes of at least 4 members (excludes halogenated alkanes) is 8. The predicted molar refractivity (Wildman–Crippen MR) is 229 cm³/mol. The number of nitrogens with one attached hydrogen (secondary N) is 1. The van der Waals surface area contributed by atoms with Crippen molar-refractivity contribution in [3.63, 3.8) is 0 Å². The number of hydrogen-bond donors (Lipinski definition) is 3. The van der Waals surface area contributed by atoms with E-state index < -0.39 is 26.5 Å². The number of ether oxygens (including phenoxy) is 1. The van der Waals surface area contributed by atoms with Crippen LogP contribution in [0.1, 0.15) is 142 Å². The van der Waals surface area contributed by atoms with Gasteiger partial charge in [-0.2, -0.15) is 0 Å². The fourth-order valence-corrected chi connectivity index (χ4v) is 5.71. The van der Waals surface area contributed by atoms with Gasteiger partial charge >= 0.3 is 13.8 Å². The highest BCUT2D eigenvalue weighted by Crippen LogP contribution is 2.42. The quantitative estimate of drug-likeness (QED) is 0.0245. The van der Waals surface area contributed by atoms with Crippen molar-refractivity contribution in [1.29, 1.82) is 0 Å².